The molecule has 1 N–H and O–H groups in total. The Kier molecular flexibility index (Phi) is 5.11. The minimum absolute atomic E-state index is 0.407. The van der Waals surface area contributed by atoms with E-state index < -0.39 is 0 Å². The molecule has 2 heteroatoms. The lowest BCUT2D eigenvalue weighted by molar-refractivity contribution is 0.177. The average molecular weight is 288 g/mol. The molecule has 0 spiro atoms. The first-order chi connectivity index (χ1) is 9.82. The fourth-order valence-corrected chi connectivity index (χ4v) is 3.54. The first-order valence-corrected chi connectivity index (χ1v) is 8.31. The summed E-state index contributed by atoms with van der Waals surface area (Å²) >= 11 is 0. The highest BCUT2D eigenvalue weighted by Gasteiger charge is 2.35. The third-order valence-electron chi connectivity index (χ3n) is 5.25. The van der Waals surface area contributed by atoms with Crippen LogP contribution in [0, 0.1) is 18.3 Å². The van der Waals surface area contributed by atoms with E-state index in [1.807, 2.05) is 0 Å². The summed E-state index contributed by atoms with van der Waals surface area (Å²) in [6.07, 6.45) is 1.33. The van der Waals surface area contributed by atoms with Gasteiger partial charge in [-0.3, -0.25) is 4.90 Å². The van der Waals surface area contributed by atoms with Gasteiger partial charge < -0.3 is 5.32 Å². The van der Waals surface area contributed by atoms with Gasteiger partial charge in [-0.25, -0.2) is 0 Å². The molecule has 1 fully saturated rings. The monoisotopic (exact) mass is 288 g/mol. The predicted molar refractivity (Wildman–Crippen MR) is 91.6 cm³/mol. The molecule has 1 aromatic carbocycles. The molecule has 2 rings (SSSR count). The van der Waals surface area contributed by atoms with Gasteiger partial charge in [-0.2, -0.15) is 0 Å². The number of nitrogens with one attached hydrogen (secondary N) is 1. The lowest BCUT2D eigenvalue weighted by Gasteiger charge is -2.33. The van der Waals surface area contributed by atoms with Crippen molar-refractivity contribution in [3.05, 3.63) is 35.4 Å². The highest BCUT2D eigenvalue weighted by atomic mass is 15.2. The van der Waals surface area contributed by atoms with Crippen molar-refractivity contribution >= 4 is 0 Å². The Balaban J connectivity index is 2.07. The van der Waals surface area contributed by atoms with E-state index in [1.54, 1.807) is 0 Å². The van der Waals surface area contributed by atoms with E-state index in [9.17, 15) is 0 Å². The normalized spacial score (nSPS) is 23.2. The highest BCUT2D eigenvalue weighted by Crippen LogP contribution is 2.36. The number of hydrogen-bond donors (Lipinski definition) is 1. The molecule has 1 aliphatic heterocycles. The van der Waals surface area contributed by atoms with Crippen LogP contribution in [-0.4, -0.2) is 31.1 Å². The number of benzene rings is 1. The van der Waals surface area contributed by atoms with Gasteiger partial charge in [-0.1, -0.05) is 50.6 Å². The molecule has 0 aliphatic carbocycles. The fraction of sp³-hybridized carbons (Fsp3) is 0.684. The van der Waals surface area contributed by atoms with Crippen LogP contribution in [0.15, 0.2) is 24.3 Å². The molecule has 0 amide bonds. The average Bonchev–Trinajstić information content (AvgIpc) is 2.91. The summed E-state index contributed by atoms with van der Waals surface area (Å²) in [4.78, 5) is 2.66. The first kappa shape index (κ1) is 16.5. The van der Waals surface area contributed by atoms with Gasteiger partial charge in [0.2, 0.25) is 0 Å². The largest absolute Gasteiger partial charge is 0.312 e. The third kappa shape index (κ3) is 3.87. The van der Waals surface area contributed by atoms with Crippen LogP contribution in [0.5, 0.6) is 0 Å². The van der Waals surface area contributed by atoms with E-state index >= 15 is 0 Å². The summed E-state index contributed by atoms with van der Waals surface area (Å²) in [6, 6.07) is 9.91. The van der Waals surface area contributed by atoms with Gasteiger partial charge in [0.05, 0.1) is 0 Å². The minimum Gasteiger partial charge on any atom is -0.312 e. The highest BCUT2D eigenvalue weighted by molar-refractivity contribution is 5.25. The Labute approximate surface area is 130 Å². The number of hydrogen-bond acceptors (Lipinski definition) is 2. The van der Waals surface area contributed by atoms with E-state index in [2.05, 4.69) is 76.1 Å². The lowest BCUT2D eigenvalue weighted by Crippen LogP contribution is -2.41. The second kappa shape index (κ2) is 6.50. The molecule has 3 unspecified atom stereocenters. The quantitative estimate of drug-likeness (QED) is 0.900. The van der Waals surface area contributed by atoms with E-state index in [0.29, 0.717) is 17.5 Å². The van der Waals surface area contributed by atoms with Crippen LogP contribution in [0.25, 0.3) is 0 Å². The number of aryl methyl sites for hydroxylation is 1. The zero-order valence-electron chi connectivity index (χ0n) is 14.6. The molecule has 0 aromatic heterocycles. The smallest absolute Gasteiger partial charge is 0.0473 e. The van der Waals surface area contributed by atoms with Crippen molar-refractivity contribution in [3.8, 4) is 0 Å². The van der Waals surface area contributed by atoms with Gasteiger partial charge in [0.15, 0.2) is 0 Å². The van der Waals surface area contributed by atoms with Crippen molar-refractivity contribution < 1.29 is 0 Å². The molecule has 3 atom stereocenters. The molecule has 2 nitrogen and oxygen atoms in total. The van der Waals surface area contributed by atoms with Gasteiger partial charge in [0.25, 0.3) is 0 Å². The second-order valence-electron chi connectivity index (χ2n) is 7.76. The molecular formula is C19H32N2. The van der Waals surface area contributed by atoms with Crippen LogP contribution in [0.2, 0.25) is 0 Å². The summed E-state index contributed by atoms with van der Waals surface area (Å²) in [5, 5.41) is 3.53. The van der Waals surface area contributed by atoms with Crippen LogP contribution >= 0.6 is 0 Å². The zero-order valence-corrected chi connectivity index (χ0v) is 14.6. The van der Waals surface area contributed by atoms with Crippen molar-refractivity contribution in [2.24, 2.45) is 11.3 Å². The summed E-state index contributed by atoms with van der Waals surface area (Å²) in [7, 11) is 2.08. The minimum atomic E-state index is 0.407. The van der Waals surface area contributed by atoms with Crippen LogP contribution < -0.4 is 5.32 Å². The molecule has 1 aromatic rings. The maximum absolute atomic E-state index is 3.53. The Morgan fingerprint density at radius 3 is 2.29 bits per heavy atom. The van der Waals surface area contributed by atoms with Gasteiger partial charge in [-0.15, -0.1) is 0 Å². The van der Waals surface area contributed by atoms with Crippen molar-refractivity contribution in [2.45, 2.75) is 53.1 Å². The topological polar surface area (TPSA) is 15.3 Å². The summed E-state index contributed by atoms with van der Waals surface area (Å²) in [6.45, 7) is 14.1. The van der Waals surface area contributed by atoms with Gasteiger partial charge in [0.1, 0.15) is 0 Å². The molecule has 0 saturated carbocycles. The Hall–Kier alpha value is -0.860. The second-order valence-corrected chi connectivity index (χ2v) is 7.76. The standard InChI is InChI=1S/C19H32N2/c1-14-7-9-16(10-8-14)18(20-6)15(2)21-12-11-17(13-21)19(3,4)5/h7-10,15,17-18,20H,11-13H2,1-6H3. The van der Waals surface area contributed by atoms with E-state index in [0.717, 1.165) is 5.92 Å². The molecule has 1 aliphatic rings. The predicted octanol–water partition coefficient (Wildman–Crippen LogP) is 4.01. The number of likely N-dealkylation sites (N-methyl/N-ethyl adjacent to an activating group) is 1. The molecular weight excluding hydrogens is 256 g/mol. The summed E-state index contributed by atoms with van der Waals surface area (Å²) < 4.78 is 0. The number of nitrogens with zero attached hydrogens (tertiary/aromatic N) is 1. The Morgan fingerprint density at radius 1 is 1.19 bits per heavy atom. The van der Waals surface area contributed by atoms with Crippen LogP contribution in [-0.2, 0) is 0 Å². The van der Waals surface area contributed by atoms with Crippen LogP contribution in [0.3, 0.4) is 0 Å². The van der Waals surface area contributed by atoms with Gasteiger partial charge in [0, 0.05) is 18.6 Å². The zero-order chi connectivity index (χ0) is 15.6. The Morgan fingerprint density at radius 2 is 1.81 bits per heavy atom. The SMILES string of the molecule is CNC(c1ccc(C)cc1)C(C)N1CCC(C(C)(C)C)C1. The van der Waals surface area contributed by atoms with E-state index in [-0.39, 0.29) is 0 Å². The number of rotatable bonds is 4. The molecule has 21 heavy (non-hydrogen) atoms. The van der Waals surface area contributed by atoms with Crippen molar-refractivity contribution in [1.82, 2.24) is 10.2 Å². The van der Waals surface area contributed by atoms with Crippen LogP contribution in [0.4, 0.5) is 0 Å². The maximum atomic E-state index is 3.53. The van der Waals surface area contributed by atoms with Gasteiger partial charge >= 0.3 is 0 Å². The van der Waals surface area contributed by atoms with Gasteiger partial charge in [-0.05, 0) is 50.8 Å². The molecule has 0 bridgehead atoms. The van der Waals surface area contributed by atoms with Crippen LogP contribution in [0.1, 0.15) is 51.3 Å². The molecule has 1 heterocycles. The first-order valence-electron chi connectivity index (χ1n) is 8.31. The van der Waals surface area contributed by atoms with Crippen molar-refractivity contribution in [3.63, 3.8) is 0 Å². The summed E-state index contributed by atoms with van der Waals surface area (Å²) in [5.74, 6) is 0.815. The summed E-state index contributed by atoms with van der Waals surface area (Å²) in [5.41, 5.74) is 3.15. The van der Waals surface area contributed by atoms with E-state index in [1.165, 1.54) is 30.6 Å². The maximum Gasteiger partial charge on any atom is 0.0473 e. The molecule has 1 saturated heterocycles. The van der Waals surface area contributed by atoms with E-state index in [4.69, 9.17) is 0 Å². The molecule has 118 valence electrons. The van der Waals surface area contributed by atoms with Crippen molar-refractivity contribution in [2.75, 3.05) is 20.1 Å². The Bertz CT molecular complexity index is 444. The van der Waals surface area contributed by atoms with Crippen molar-refractivity contribution in [1.29, 1.82) is 0 Å². The lowest BCUT2D eigenvalue weighted by atomic mass is 9.80. The number of likely N-dealkylation sites (tertiary alicyclic amines) is 1. The molecule has 0 radical (unpaired) electrons. The fourth-order valence-electron chi connectivity index (χ4n) is 3.54. The third-order valence-corrected chi connectivity index (χ3v) is 5.25.